The second-order valence-corrected chi connectivity index (χ2v) is 7.50. The molecule has 0 fully saturated rings. The van der Waals surface area contributed by atoms with Crippen LogP contribution in [0.5, 0.6) is 11.5 Å². The molecule has 2 N–H and O–H groups in total. The Labute approximate surface area is 159 Å². The molecule has 0 aliphatic rings. The predicted molar refractivity (Wildman–Crippen MR) is 102 cm³/mol. The van der Waals surface area contributed by atoms with E-state index in [2.05, 4.69) is 10.0 Å². The number of sulfonamides is 1. The Morgan fingerprint density at radius 3 is 2.22 bits per heavy atom. The molecular weight excluding hydrogens is 368 g/mol. The van der Waals surface area contributed by atoms with E-state index in [-0.39, 0.29) is 30.5 Å². The summed E-state index contributed by atoms with van der Waals surface area (Å²) >= 11 is 0. The van der Waals surface area contributed by atoms with Crippen LogP contribution in [0.1, 0.15) is 12.5 Å². The average molecular weight is 392 g/mol. The predicted octanol–water partition coefficient (Wildman–Crippen LogP) is 1.87. The number of benzene rings is 2. The molecule has 2 aromatic carbocycles. The van der Waals surface area contributed by atoms with Crippen molar-refractivity contribution in [1.82, 2.24) is 10.0 Å². The SMILES string of the molecule is CCOc1ccccc1OCC(=O)NCCNS(=O)(=O)c1ccc(C)cc1. The van der Waals surface area contributed by atoms with E-state index < -0.39 is 10.0 Å². The zero-order valence-electron chi connectivity index (χ0n) is 15.4. The maximum atomic E-state index is 12.1. The van der Waals surface area contributed by atoms with Gasteiger partial charge >= 0.3 is 0 Å². The minimum Gasteiger partial charge on any atom is -0.490 e. The van der Waals surface area contributed by atoms with Gasteiger partial charge in [-0.25, -0.2) is 13.1 Å². The highest BCUT2D eigenvalue weighted by Crippen LogP contribution is 2.26. The smallest absolute Gasteiger partial charge is 0.257 e. The molecule has 0 aliphatic carbocycles. The fourth-order valence-corrected chi connectivity index (χ4v) is 3.26. The first-order valence-corrected chi connectivity index (χ1v) is 10.1. The van der Waals surface area contributed by atoms with Gasteiger partial charge in [-0.15, -0.1) is 0 Å². The van der Waals surface area contributed by atoms with Crippen LogP contribution in [0, 0.1) is 6.92 Å². The number of rotatable bonds is 10. The molecule has 0 bridgehead atoms. The third kappa shape index (κ3) is 6.58. The average Bonchev–Trinajstić information content (AvgIpc) is 2.65. The summed E-state index contributed by atoms with van der Waals surface area (Å²) in [5.74, 6) is 0.698. The number of para-hydroxylation sites is 2. The first-order valence-electron chi connectivity index (χ1n) is 8.60. The highest BCUT2D eigenvalue weighted by molar-refractivity contribution is 7.89. The number of carbonyl (C=O) groups excluding carboxylic acids is 1. The van der Waals surface area contributed by atoms with E-state index in [9.17, 15) is 13.2 Å². The number of aryl methyl sites for hydroxylation is 1. The summed E-state index contributed by atoms with van der Waals surface area (Å²) in [6.07, 6.45) is 0. The summed E-state index contributed by atoms with van der Waals surface area (Å²) in [6, 6.07) is 13.6. The lowest BCUT2D eigenvalue weighted by molar-refractivity contribution is -0.123. The van der Waals surface area contributed by atoms with Gasteiger partial charge in [0.25, 0.3) is 5.91 Å². The number of ether oxygens (including phenoxy) is 2. The van der Waals surface area contributed by atoms with E-state index in [0.29, 0.717) is 18.1 Å². The van der Waals surface area contributed by atoms with E-state index in [1.807, 2.05) is 19.9 Å². The van der Waals surface area contributed by atoms with Gasteiger partial charge in [0.05, 0.1) is 11.5 Å². The Morgan fingerprint density at radius 2 is 1.59 bits per heavy atom. The molecule has 1 amide bonds. The second-order valence-electron chi connectivity index (χ2n) is 5.73. The fourth-order valence-electron chi connectivity index (χ4n) is 2.23. The van der Waals surface area contributed by atoms with Crippen LogP contribution < -0.4 is 19.5 Å². The van der Waals surface area contributed by atoms with Gasteiger partial charge in [0, 0.05) is 13.1 Å². The molecule has 27 heavy (non-hydrogen) atoms. The van der Waals surface area contributed by atoms with Gasteiger partial charge in [-0.05, 0) is 38.1 Å². The third-order valence-corrected chi connectivity index (χ3v) is 5.06. The second kappa shape index (κ2) is 9.94. The van der Waals surface area contributed by atoms with Crippen molar-refractivity contribution < 1.29 is 22.7 Å². The van der Waals surface area contributed by atoms with E-state index in [0.717, 1.165) is 5.56 Å². The summed E-state index contributed by atoms with van der Waals surface area (Å²) in [4.78, 5) is 12.1. The number of carbonyl (C=O) groups is 1. The minimum absolute atomic E-state index is 0.0808. The molecule has 0 saturated carbocycles. The van der Waals surface area contributed by atoms with E-state index in [4.69, 9.17) is 9.47 Å². The van der Waals surface area contributed by atoms with Gasteiger partial charge in [0.15, 0.2) is 18.1 Å². The van der Waals surface area contributed by atoms with E-state index in [1.165, 1.54) is 0 Å². The molecule has 0 unspecified atom stereocenters. The summed E-state index contributed by atoms with van der Waals surface area (Å²) in [6.45, 7) is 4.29. The number of hydrogen-bond donors (Lipinski definition) is 2. The van der Waals surface area contributed by atoms with Crippen molar-refractivity contribution in [3.8, 4) is 11.5 Å². The number of hydrogen-bond acceptors (Lipinski definition) is 5. The standard InChI is InChI=1S/C19H24N2O5S/c1-3-25-17-6-4-5-7-18(17)26-14-19(22)20-12-13-21-27(23,24)16-10-8-15(2)9-11-16/h4-11,21H,3,12-14H2,1-2H3,(H,20,22). The van der Waals surface area contributed by atoms with Gasteiger partial charge < -0.3 is 14.8 Å². The van der Waals surface area contributed by atoms with Crippen LogP contribution >= 0.6 is 0 Å². The largest absolute Gasteiger partial charge is 0.490 e. The highest BCUT2D eigenvalue weighted by Gasteiger charge is 2.13. The third-order valence-electron chi connectivity index (χ3n) is 3.58. The van der Waals surface area contributed by atoms with E-state index >= 15 is 0 Å². The molecule has 0 heterocycles. The molecule has 0 aromatic heterocycles. The van der Waals surface area contributed by atoms with Gasteiger partial charge in [-0.1, -0.05) is 29.8 Å². The number of nitrogens with one attached hydrogen (secondary N) is 2. The molecule has 2 aromatic rings. The summed E-state index contributed by atoms with van der Waals surface area (Å²) in [5.41, 5.74) is 0.979. The molecule has 0 atom stereocenters. The summed E-state index contributed by atoms with van der Waals surface area (Å²) in [7, 11) is -3.59. The molecule has 0 spiro atoms. The van der Waals surface area contributed by atoms with Gasteiger partial charge in [0.1, 0.15) is 0 Å². The first kappa shape index (κ1) is 20.7. The lowest BCUT2D eigenvalue weighted by atomic mass is 10.2. The van der Waals surface area contributed by atoms with Crippen molar-refractivity contribution in [3.63, 3.8) is 0 Å². The van der Waals surface area contributed by atoms with E-state index in [1.54, 1.807) is 42.5 Å². The van der Waals surface area contributed by atoms with Gasteiger partial charge in [-0.3, -0.25) is 4.79 Å². The molecule has 2 rings (SSSR count). The highest BCUT2D eigenvalue weighted by atomic mass is 32.2. The van der Waals surface area contributed by atoms with Crippen LogP contribution in [-0.2, 0) is 14.8 Å². The lowest BCUT2D eigenvalue weighted by Gasteiger charge is -2.12. The van der Waals surface area contributed by atoms with Crippen LogP contribution in [-0.4, -0.2) is 40.6 Å². The Kier molecular flexibility index (Phi) is 7.63. The topological polar surface area (TPSA) is 93.7 Å². The number of amides is 1. The quantitative estimate of drug-likeness (QED) is 0.602. The van der Waals surface area contributed by atoms with Gasteiger partial charge in [0.2, 0.25) is 10.0 Å². The van der Waals surface area contributed by atoms with Crippen LogP contribution in [0.15, 0.2) is 53.4 Å². The van der Waals surface area contributed by atoms with Crippen molar-refractivity contribution >= 4 is 15.9 Å². The Bertz CT molecular complexity index is 851. The van der Waals surface area contributed by atoms with Crippen molar-refractivity contribution in [2.24, 2.45) is 0 Å². The Morgan fingerprint density at radius 1 is 0.963 bits per heavy atom. The van der Waals surface area contributed by atoms with Crippen LogP contribution in [0.4, 0.5) is 0 Å². The maximum Gasteiger partial charge on any atom is 0.257 e. The first-order chi connectivity index (χ1) is 12.9. The molecule has 8 heteroatoms. The molecule has 0 aliphatic heterocycles. The molecule has 0 saturated heterocycles. The minimum atomic E-state index is -3.59. The van der Waals surface area contributed by atoms with Crippen molar-refractivity contribution in [3.05, 3.63) is 54.1 Å². The molecule has 146 valence electrons. The normalized spacial score (nSPS) is 11.0. The monoisotopic (exact) mass is 392 g/mol. The summed E-state index contributed by atoms with van der Waals surface area (Å²) < 4.78 is 37.6. The zero-order valence-corrected chi connectivity index (χ0v) is 16.2. The lowest BCUT2D eigenvalue weighted by Crippen LogP contribution is -2.36. The van der Waals surface area contributed by atoms with Crippen LogP contribution in [0.3, 0.4) is 0 Å². The zero-order chi connectivity index (χ0) is 19.7. The Balaban J connectivity index is 1.74. The molecular formula is C19H24N2O5S. The summed E-state index contributed by atoms with van der Waals surface area (Å²) in [5, 5.41) is 2.61. The van der Waals surface area contributed by atoms with Crippen molar-refractivity contribution in [2.45, 2.75) is 18.7 Å². The Hall–Kier alpha value is -2.58. The van der Waals surface area contributed by atoms with Crippen LogP contribution in [0.2, 0.25) is 0 Å². The maximum absolute atomic E-state index is 12.1. The fraction of sp³-hybridized carbons (Fsp3) is 0.316. The molecule has 7 nitrogen and oxygen atoms in total. The van der Waals surface area contributed by atoms with Gasteiger partial charge in [-0.2, -0.15) is 0 Å². The van der Waals surface area contributed by atoms with Crippen molar-refractivity contribution in [1.29, 1.82) is 0 Å². The molecule has 0 radical (unpaired) electrons. The van der Waals surface area contributed by atoms with Crippen LogP contribution in [0.25, 0.3) is 0 Å². The van der Waals surface area contributed by atoms with Crippen molar-refractivity contribution in [2.75, 3.05) is 26.3 Å².